The van der Waals surface area contributed by atoms with Crippen molar-refractivity contribution < 1.29 is 22.7 Å². The average molecular weight is 329 g/mol. The largest absolute Gasteiger partial charge is 0.486 e. The maximum Gasteiger partial charge on any atom is 0.291 e. The number of anilines is 1. The highest BCUT2D eigenvalue weighted by atomic mass is 19.1. The summed E-state index contributed by atoms with van der Waals surface area (Å²) in [6.45, 7) is 0.0961. The summed E-state index contributed by atoms with van der Waals surface area (Å²) in [7, 11) is 0. The Labute approximate surface area is 136 Å². The molecule has 1 N–H and O–H groups in total. The first-order valence-corrected chi connectivity index (χ1v) is 7.14. The minimum atomic E-state index is -0.492. The number of amides is 1. The first-order chi connectivity index (χ1) is 11.6. The molecule has 0 aliphatic carbocycles. The SMILES string of the molecule is O=C(Nc1cccc(F)c1)c1ccc(COc2ccc(F)cc2)o1. The number of hydrogen-bond donors (Lipinski definition) is 1. The third kappa shape index (κ3) is 3.98. The van der Waals surface area contributed by atoms with Crippen molar-refractivity contribution in [1.82, 2.24) is 0 Å². The fourth-order valence-corrected chi connectivity index (χ4v) is 2.02. The molecule has 4 nitrogen and oxygen atoms in total. The molecule has 1 aromatic heterocycles. The van der Waals surface area contributed by atoms with Crippen molar-refractivity contribution in [3.8, 4) is 5.75 Å². The van der Waals surface area contributed by atoms with Crippen LogP contribution in [0.25, 0.3) is 0 Å². The molecule has 0 bridgehead atoms. The molecule has 24 heavy (non-hydrogen) atoms. The van der Waals surface area contributed by atoms with E-state index in [9.17, 15) is 13.6 Å². The Morgan fingerprint density at radius 2 is 1.79 bits per heavy atom. The molecule has 0 radical (unpaired) electrons. The molecule has 2 aromatic carbocycles. The summed E-state index contributed by atoms with van der Waals surface area (Å²) in [6, 6.07) is 14.2. The summed E-state index contributed by atoms with van der Waals surface area (Å²) in [5.41, 5.74) is 0.334. The van der Waals surface area contributed by atoms with Gasteiger partial charge in [0.05, 0.1) is 0 Å². The summed E-state index contributed by atoms with van der Waals surface area (Å²) in [5, 5.41) is 2.54. The van der Waals surface area contributed by atoms with E-state index >= 15 is 0 Å². The minimum absolute atomic E-state index is 0.0805. The van der Waals surface area contributed by atoms with Crippen molar-refractivity contribution in [2.24, 2.45) is 0 Å². The van der Waals surface area contributed by atoms with E-state index in [1.165, 1.54) is 48.5 Å². The van der Waals surface area contributed by atoms with Crippen LogP contribution in [0.15, 0.2) is 65.1 Å². The van der Waals surface area contributed by atoms with E-state index in [1.807, 2.05) is 0 Å². The van der Waals surface area contributed by atoms with E-state index in [2.05, 4.69) is 5.32 Å². The summed E-state index contributed by atoms with van der Waals surface area (Å²) in [5.74, 6) is -0.287. The predicted octanol–water partition coefficient (Wildman–Crippen LogP) is 4.39. The van der Waals surface area contributed by atoms with Crippen LogP contribution in [0.3, 0.4) is 0 Å². The summed E-state index contributed by atoms with van der Waals surface area (Å²) in [4.78, 5) is 12.0. The maximum absolute atomic E-state index is 13.1. The Hall–Kier alpha value is -3.15. The van der Waals surface area contributed by atoms with Gasteiger partial charge in [-0.25, -0.2) is 8.78 Å². The lowest BCUT2D eigenvalue weighted by atomic mass is 10.3. The Bertz CT molecular complexity index is 843. The highest BCUT2D eigenvalue weighted by Gasteiger charge is 2.12. The van der Waals surface area contributed by atoms with Gasteiger partial charge in [0.25, 0.3) is 5.91 Å². The number of carbonyl (C=O) groups is 1. The zero-order valence-electron chi connectivity index (χ0n) is 12.5. The van der Waals surface area contributed by atoms with E-state index < -0.39 is 11.7 Å². The van der Waals surface area contributed by atoms with E-state index in [0.29, 0.717) is 17.2 Å². The number of furan rings is 1. The molecule has 3 aromatic rings. The molecule has 0 spiro atoms. The molecule has 6 heteroatoms. The molecular formula is C18H13F2NO3. The summed E-state index contributed by atoms with van der Waals surface area (Å²) < 4.78 is 36.7. The molecule has 1 amide bonds. The number of rotatable bonds is 5. The maximum atomic E-state index is 13.1. The van der Waals surface area contributed by atoms with Gasteiger partial charge in [0.1, 0.15) is 29.8 Å². The van der Waals surface area contributed by atoms with Crippen LogP contribution in [0.4, 0.5) is 14.5 Å². The highest BCUT2D eigenvalue weighted by Crippen LogP contribution is 2.16. The lowest BCUT2D eigenvalue weighted by Crippen LogP contribution is -2.10. The van der Waals surface area contributed by atoms with Crippen LogP contribution in [0, 0.1) is 11.6 Å². The van der Waals surface area contributed by atoms with Crippen molar-refractivity contribution in [2.75, 3.05) is 5.32 Å². The van der Waals surface area contributed by atoms with Crippen LogP contribution < -0.4 is 10.1 Å². The first kappa shape index (κ1) is 15.7. The second-order valence-corrected chi connectivity index (χ2v) is 4.97. The van der Waals surface area contributed by atoms with Crippen LogP contribution >= 0.6 is 0 Å². The molecule has 0 aliphatic rings. The number of halogens is 2. The normalized spacial score (nSPS) is 10.4. The summed E-state index contributed by atoms with van der Waals surface area (Å²) >= 11 is 0. The standard InChI is InChI=1S/C18H13F2NO3/c19-12-4-6-15(7-5-12)23-11-16-8-9-17(24-16)18(22)21-14-3-1-2-13(20)10-14/h1-10H,11H2,(H,21,22). The van der Waals surface area contributed by atoms with E-state index in [4.69, 9.17) is 9.15 Å². The molecule has 0 atom stereocenters. The van der Waals surface area contributed by atoms with Crippen LogP contribution in [0.1, 0.15) is 16.3 Å². The average Bonchev–Trinajstić information content (AvgIpc) is 3.03. The van der Waals surface area contributed by atoms with Gasteiger partial charge < -0.3 is 14.5 Å². The van der Waals surface area contributed by atoms with Gasteiger partial charge in [-0.3, -0.25) is 4.79 Å². The van der Waals surface area contributed by atoms with Crippen LogP contribution in [0.2, 0.25) is 0 Å². The second kappa shape index (κ2) is 6.95. The van der Waals surface area contributed by atoms with Gasteiger partial charge in [0.15, 0.2) is 5.76 Å². The number of carbonyl (C=O) groups excluding carboxylic acids is 1. The molecule has 1 heterocycles. The highest BCUT2D eigenvalue weighted by molar-refractivity contribution is 6.02. The topological polar surface area (TPSA) is 51.5 Å². The monoisotopic (exact) mass is 329 g/mol. The van der Waals surface area contributed by atoms with Crippen LogP contribution in [0.5, 0.6) is 5.75 Å². The third-order valence-electron chi connectivity index (χ3n) is 3.16. The lowest BCUT2D eigenvalue weighted by molar-refractivity contribution is 0.0992. The molecule has 0 saturated heterocycles. The van der Waals surface area contributed by atoms with Crippen LogP contribution in [-0.2, 0) is 6.61 Å². The molecule has 0 fully saturated rings. The first-order valence-electron chi connectivity index (χ1n) is 7.14. The van der Waals surface area contributed by atoms with E-state index in [0.717, 1.165) is 0 Å². The van der Waals surface area contributed by atoms with Gasteiger partial charge in [0, 0.05) is 5.69 Å². The Morgan fingerprint density at radius 3 is 2.54 bits per heavy atom. The Morgan fingerprint density at radius 1 is 1.00 bits per heavy atom. The zero-order valence-corrected chi connectivity index (χ0v) is 12.5. The van der Waals surface area contributed by atoms with Crippen molar-refractivity contribution >= 4 is 11.6 Å². The number of ether oxygens (including phenoxy) is 1. The number of benzene rings is 2. The summed E-state index contributed by atoms with van der Waals surface area (Å²) in [6.07, 6.45) is 0. The van der Waals surface area contributed by atoms with Crippen molar-refractivity contribution in [3.05, 3.63) is 83.8 Å². The van der Waals surface area contributed by atoms with Crippen molar-refractivity contribution in [2.45, 2.75) is 6.61 Å². The molecule has 0 unspecified atom stereocenters. The second-order valence-electron chi connectivity index (χ2n) is 4.97. The van der Waals surface area contributed by atoms with Crippen molar-refractivity contribution in [3.63, 3.8) is 0 Å². The quantitative estimate of drug-likeness (QED) is 0.755. The fraction of sp³-hybridized carbons (Fsp3) is 0.0556. The minimum Gasteiger partial charge on any atom is -0.486 e. The van der Waals surface area contributed by atoms with Gasteiger partial charge in [-0.2, -0.15) is 0 Å². The number of hydrogen-bond acceptors (Lipinski definition) is 3. The lowest BCUT2D eigenvalue weighted by Gasteiger charge is -2.04. The van der Waals surface area contributed by atoms with Gasteiger partial charge in [-0.15, -0.1) is 0 Å². The fourth-order valence-electron chi connectivity index (χ4n) is 2.02. The van der Waals surface area contributed by atoms with E-state index in [1.54, 1.807) is 12.1 Å². The van der Waals surface area contributed by atoms with Crippen LogP contribution in [-0.4, -0.2) is 5.91 Å². The zero-order chi connectivity index (χ0) is 16.9. The van der Waals surface area contributed by atoms with Gasteiger partial charge >= 0.3 is 0 Å². The molecule has 3 rings (SSSR count). The van der Waals surface area contributed by atoms with Gasteiger partial charge in [-0.05, 0) is 54.6 Å². The molecular weight excluding hydrogens is 316 g/mol. The third-order valence-corrected chi connectivity index (χ3v) is 3.16. The van der Waals surface area contributed by atoms with E-state index in [-0.39, 0.29) is 18.2 Å². The van der Waals surface area contributed by atoms with Crippen molar-refractivity contribution in [1.29, 1.82) is 0 Å². The molecule has 0 aliphatic heterocycles. The Kier molecular flexibility index (Phi) is 4.56. The predicted molar refractivity (Wildman–Crippen MR) is 83.8 cm³/mol. The smallest absolute Gasteiger partial charge is 0.291 e. The molecule has 122 valence electrons. The Balaban J connectivity index is 1.60. The van der Waals surface area contributed by atoms with Gasteiger partial charge in [0.2, 0.25) is 0 Å². The number of nitrogens with one attached hydrogen (secondary N) is 1. The van der Waals surface area contributed by atoms with Gasteiger partial charge in [-0.1, -0.05) is 6.07 Å². The molecule has 0 saturated carbocycles.